The lowest BCUT2D eigenvalue weighted by molar-refractivity contribution is 0.0954. The normalized spacial score (nSPS) is 13.9. The number of rotatable bonds is 8. The highest BCUT2D eigenvalue weighted by molar-refractivity contribution is 5.94. The van der Waals surface area contributed by atoms with Gasteiger partial charge in [-0.15, -0.1) is 10.2 Å². The molecule has 0 atom stereocenters. The van der Waals surface area contributed by atoms with E-state index in [-0.39, 0.29) is 5.91 Å². The van der Waals surface area contributed by atoms with Crippen molar-refractivity contribution in [3.05, 3.63) is 76.9 Å². The molecule has 0 bridgehead atoms. The van der Waals surface area contributed by atoms with Gasteiger partial charge in [0.15, 0.2) is 0 Å². The lowest BCUT2D eigenvalue weighted by Crippen LogP contribution is -2.28. The van der Waals surface area contributed by atoms with E-state index in [2.05, 4.69) is 37.1 Å². The summed E-state index contributed by atoms with van der Waals surface area (Å²) in [6.45, 7) is 8.79. The van der Waals surface area contributed by atoms with Crippen molar-refractivity contribution in [1.29, 1.82) is 0 Å². The Labute approximate surface area is 189 Å². The number of hydrogen-bond donors (Lipinski definition) is 1. The summed E-state index contributed by atoms with van der Waals surface area (Å²) in [6, 6.07) is 15.9. The molecule has 1 N–H and O–H groups in total. The molecular weight excluding hydrogens is 402 g/mol. The van der Waals surface area contributed by atoms with Crippen LogP contribution in [-0.2, 0) is 25.9 Å². The van der Waals surface area contributed by atoms with E-state index in [9.17, 15) is 4.79 Å². The van der Waals surface area contributed by atoms with Crippen LogP contribution in [0, 0.1) is 6.92 Å². The van der Waals surface area contributed by atoms with Crippen LogP contribution in [0.3, 0.4) is 0 Å². The number of para-hydroxylation sites is 1. The Kier molecular flexibility index (Phi) is 7.17. The number of carbonyl (C=O) groups is 1. The van der Waals surface area contributed by atoms with Crippen LogP contribution < -0.4 is 10.1 Å². The minimum Gasteiger partial charge on any atom is -0.494 e. The molecule has 2 aromatic carbocycles. The molecule has 0 saturated heterocycles. The fraction of sp³-hybridized carbons (Fsp3) is 0.400. The van der Waals surface area contributed by atoms with Crippen molar-refractivity contribution in [3.63, 3.8) is 0 Å². The minimum atomic E-state index is -0.0558. The molecule has 0 fully saturated rings. The van der Waals surface area contributed by atoms with E-state index in [0.717, 1.165) is 55.6 Å². The van der Waals surface area contributed by atoms with Gasteiger partial charge in [0.25, 0.3) is 5.91 Å². The molecule has 0 aliphatic carbocycles. The van der Waals surface area contributed by atoms with E-state index < -0.39 is 0 Å². The number of aryl methyl sites for hydroxylation is 1. The molecule has 0 radical (unpaired) electrons. The van der Waals surface area contributed by atoms with E-state index >= 15 is 0 Å². The van der Waals surface area contributed by atoms with Crippen molar-refractivity contribution in [1.82, 2.24) is 25.0 Å². The van der Waals surface area contributed by atoms with Crippen molar-refractivity contribution in [2.45, 2.75) is 39.8 Å². The fourth-order valence-corrected chi connectivity index (χ4v) is 4.04. The molecule has 7 nitrogen and oxygen atoms in total. The van der Waals surface area contributed by atoms with Crippen LogP contribution in [0.25, 0.3) is 0 Å². The lowest BCUT2D eigenvalue weighted by atomic mass is 10.1. The Morgan fingerprint density at radius 3 is 2.69 bits per heavy atom. The number of amides is 1. The first-order valence-electron chi connectivity index (χ1n) is 11.3. The van der Waals surface area contributed by atoms with Gasteiger partial charge < -0.3 is 14.6 Å². The predicted octanol–water partition coefficient (Wildman–Crippen LogP) is 3.02. The zero-order valence-corrected chi connectivity index (χ0v) is 18.9. The highest BCUT2D eigenvalue weighted by Gasteiger charge is 2.19. The summed E-state index contributed by atoms with van der Waals surface area (Å²) in [7, 11) is 0. The number of nitrogens with zero attached hydrogens (tertiary/aromatic N) is 4. The number of nitrogens with one attached hydrogen (secondary N) is 1. The van der Waals surface area contributed by atoms with E-state index in [0.29, 0.717) is 25.1 Å². The van der Waals surface area contributed by atoms with E-state index in [4.69, 9.17) is 4.74 Å². The summed E-state index contributed by atoms with van der Waals surface area (Å²) in [5.41, 5.74) is 3.04. The topological polar surface area (TPSA) is 72.3 Å². The second-order valence-electron chi connectivity index (χ2n) is 8.12. The van der Waals surface area contributed by atoms with Crippen LogP contribution in [0.5, 0.6) is 5.75 Å². The Bertz CT molecular complexity index is 1040. The maximum Gasteiger partial charge on any atom is 0.251 e. The largest absolute Gasteiger partial charge is 0.494 e. The van der Waals surface area contributed by atoms with Gasteiger partial charge in [-0.1, -0.05) is 35.9 Å². The Morgan fingerprint density at radius 1 is 1.06 bits per heavy atom. The van der Waals surface area contributed by atoms with Gasteiger partial charge in [0.05, 0.1) is 6.61 Å². The first-order chi connectivity index (χ1) is 15.6. The maximum absolute atomic E-state index is 12.3. The minimum absolute atomic E-state index is 0.0558. The van der Waals surface area contributed by atoms with Crippen molar-refractivity contribution in [2.75, 3.05) is 26.2 Å². The third-order valence-corrected chi connectivity index (χ3v) is 5.81. The molecule has 1 aliphatic heterocycles. The number of fused-ring (bicyclic) bond motifs is 1. The van der Waals surface area contributed by atoms with Gasteiger partial charge in [0.1, 0.15) is 17.4 Å². The van der Waals surface area contributed by atoms with Crippen molar-refractivity contribution in [2.24, 2.45) is 0 Å². The molecule has 0 spiro atoms. The number of aromatic nitrogens is 3. The molecule has 1 aliphatic rings. The van der Waals surface area contributed by atoms with Gasteiger partial charge in [-0.05, 0) is 32.0 Å². The zero-order valence-electron chi connectivity index (χ0n) is 18.9. The Morgan fingerprint density at radius 2 is 1.88 bits per heavy atom. The lowest BCUT2D eigenvalue weighted by Gasteiger charge is -2.21. The van der Waals surface area contributed by atoms with Crippen LogP contribution in [0.2, 0.25) is 0 Å². The Hall–Kier alpha value is -3.19. The predicted molar refractivity (Wildman–Crippen MR) is 124 cm³/mol. The molecule has 4 rings (SSSR count). The highest BCUT2D eigenvalue weighted by atomic mass is 16.5. The average molecular weight is 434 g/mol. The number of carbonyl (C=O) groups excluding carboxylic acids is 1. The summed E-state index contributed by atoms with van der Waals surface area (Å²) in [6.07, 6.45) is 1.53. The summed E-state index contributed by atoms with van der Waals surface area (Å²) in [5.74, 6) is 2.86. The fourth-order valence-electron chi connectivity index (χ4n) is 4.04. The quantitative estimate of drug-likeness (QED) is 0.591. The first kappa shape index (κ1) is 22.0. The maximum atomic E-state index is 12.3. The van der Waals surface area contributed by atoms with Crippen LogP contribution in [-0.4, -0.2) is 51.8 Å². The second-order valence-corrected chi connectivity index (χ2v) is 8.12. The van der Waals surface area contributed by atoms with Gasteiger partial charge in [-0.25, -0.2) is 0 Å². The van der Waals surface area contributed by atoms with Gasteiger partial charge in [-0.2, -0.15) is 0 Å². The molecule has 0 saturated carbocycles. The van der Waals surface area contributed by atoms with Crippen LogP contribution >= 0.6 is 0 Å². The third kappa shape index (κ3) is 5.34. The van der Waals surface area contributed by atoms with Gasteiger partial charge >= 0.3 is 0 Å². The molecule has 0 unspecified atom stereocenters. The molecule has 1 amide bonds. The number of hydrogen-bond acceptors (Lipinski definition) is 5. The number of ether oxygens (including phenoxy) is 1. The average Bonchev–Trinajstić information content (AvgIpc) is 3.07. The summed E-state index contributed by atoms with van der Waals surface area (Å²) in [5, 5.41) is 11.8. The third-order valence-electron chi connectivity index (χ3n) is 5.81. The number of benzene rings is 2. The van der Waals surface area contributed by atoms with Gasteiger partial charge in [-0.3, -0.25) is 9.69 Å². The summed E-state index contributed by atoms with van der Waals surface area (Å²) in [4.78, 5) is 14.8. The van der Waals surface area contributed by atoms with Crippen molar-refractivity contribution in [3.8, 4) is 5.75 Å². The molecule has 2 heterocycles. The smallest absolute Gasteiger partial charge is 0.251 e. The van der Waals surface area contributed by atoms with E-state index in [1.807, 2.05) is 50.2 Å². The van der Waals surface area contributed by atoms with Gasteiger partial charge in [0, 0.05) is 56.7 Å². The molecule has 3 aromatic rings. The molecule has 32 heavy (non-hydrogen) atoms. The van der Waals surface area contributed by atoms with Crippen molar-refractivity contribution < 1.29 is 9.53 Å². The second kappa shape index (κ2) is 10.4. The Balaban J connectivity index is 1.32. The SMILES string of the molecule is CCOc1ccccc1CN1CCc2nnc(CCNC(=O)c3ccc(C)cc3)n2CC1. The summed E-state index contributed by atoms with van der Waals surface area (Å²) >= 11 is 0. The first-order valence-corrected chi connectivity index (χ1v) is 11.3. The van der Waals surface area contributed by atoms with E-state index in [1.165, 1.54) is 5.56 Å². The standard InChI is InChI=1S/C25H31N5O2/c1-3-32-22-7-5-4-6-21(22)18-29-15-13-24-28-27-23(30(24)17-16-29)12-14-26-25(31)20-10-8-19(2)9-11-20/h4-11H,3,12-18H2,1-2H3,(H,26,31). The molecule has 168 valence electrons. The van der Waals surface area contributed by atoms with Crippen LogP contribution in [0.4, 0.5) is 0 Å². The van der Waals surface area contributed by atoms with E-state index in [1.54, 1.807) is 0 Å². The highest BCUT2D eigenvalue weighted by Crippen LogP contribution is 2.21. The summed E-state index contributed by atoms with van der Waals surface area (Å²) < 4.78 is 8.00. The monoisotopic (exact) mass is 433 g/mol. The molecular formula is C25H31N5O2. The molecule has 7 heteroatoms. The van der Waals surface area contributed by atoms with Crippen LogP contribution in [0.1, 0.15) is 40.1 Å². The zero-order chi connectivity index (χ0) is 22.3. The van der Waals surface area contributed by atoms with Crippen LogP contribution in [0.15, 0.2) is 48.5 Å². The molecule has 1 aromatic heterocycles. The van der Waals surface area contributed by atoms with Gasteiger partial charge in [0.2, 0.25) is 0 Å². The van der Waals surface area contributed by atoms with Crippen molar-refractivity contribution >= 4 is 5.91 Å².